The van der Waals surface area contributed by atoms with Gasteiger partial charge in [-0.25, -0.2) is 4.79 Å². The number of hydrogen-bond acceptors (Lipinski definition) is 3. The van der Waals surface area contributed by atoms with Gasteiger partial charge in [0.2, 0.25) is 5.91 Å². The van der Waals surface area contributed by atoms with Crippen LogP contribution >= 0.6 is 0 Å². The zero-order valence-electron chi connectivity index (χ0n) is 16.4. The van der Waals surface area contributed by atoms with Gasteiger partial charge in [-0.3, -0.25) is 13.9 Å². The molecule has 160 valence electrons. The zero-order valence-corrected chi connectivity index (χ0v) is 16.4. The van der Waals surface area contributed by atoms with E-state index in [0.29, 0.717) is 6.54 Å². The second-order valence-corrected chi connectivity index (χ2v) is 6.64. The van der Waals surface area contributed by atoms with E-state index in [4.69, 9.17) is 4.74 Å². The second-order valence-electron chi connectivity index (χ2n) is 6.64. The number of benzene rings is 2. The van der Waals surface area contributed by atoms with Crippen LogP contribution in [0.3, 0.4) is 0 Å². The average Bonchev–Trinajstić information content (AvgIpc) is 3.00. The Morgan fingerprint density at radius 2 is 1.67 bits per heavy atom. The van der Waals surface area contributed by atoms with Crippen LogP contribution in [0.5, 0.6) is 5.75 Å². The van der Waals surface area contributed by atoms with Gasteiger partial charge in [0.05, 0.1) is 23.1 Å². The van der Waals surface area contributed by atoms with Gasteiger partial charge < -0.3 is 10.1 Å². The molecule has 3 aromatic rings. The molecule has 0 bridgehead atoms. The Bertz CT molecular complexity index is 1070. The first-order chi connectivity index (χ1) is 14.3. The van der Waals surface area contributed by atoms with E-state index in [1.54, 1.807) is 9.13 Å². The molecule has 1 aromatic heterocycles. The van der Waals surface area contributed by atoms with Crippen LogP contribution in [-0.4, -0.2) is 28.2 Å². The normalized spacial score (nSPS) is 11.6. The molecular formula is C21H22F3N3O3. The molecule has 2 aromatic carbocycles. The number of nitrogens with zero attached hydrogens (tertiary/aromatic N) is 2. The van der Waals surface area contributed by atoms with Crippen LogP contribution in [0.25, 0.3) is 11.0 Å². The molecule has 0 spiro atoms. The van der Waals surface area contributed by atoms with Crippen molar-refractivity contribution in [3.8, 4) is 5.75 Å². The van der Waals surface area contributed by atoms with E-state index < -0.39 is 11.7 Å². The van der Waals surface area contributed by atoms with Crippen molar-refractivity contribution in [3.05, 3.63) is 64.6 Å². The number of carbonyl (C=O) groups is 1. The van der Waals surface area contributed by atoms with Crippen molar-refractivity contribution in [1.29, 1.82) is 0 Å². The Kier molecular flexibility index (Phi) is 6.49. The molecule has 1 amide bonds. The molecule has 0 saturated heterocycles. The van der Waals surface area contributed by atoms with Gasteiger partial charge in [-0.2, -0.15) is 13.2 Å². The van der Waals surface area contributed by atoms with Crippen LogP contribution in [0.15, 0.2) is 53.3 Å². The van der Waals surface area contributed by atoms with E-state index in [2.05, 4.69) is 5.32 Å². The Hall–Kier alpha value is -3.23. The number of fused-ring (bicyclic) bond motifs is 1. The summed E-state index contributed by atoms with van der Waals surface area (Å²) in [7, 11) is 0. The minimum Gasteiger partial charge on any atom is -0.492 e. The first-order valence-electron chi connectivity index (χ1n) is 9.56. The number of halogens is 3. The average molecular weight is 421 g/mol. The molecular weight excluding hydrogens is 399 g/mol. The summed E-state index contributed by atoms with van der Waals surface area (Å²) < 4.78 is 46.2. The first kappa shape index (κ1) is 21.5. The lowest BCUT2D eigenvalue weighted by Crippen LogP contribution is -2.30. The molecule has 0 radical (unpaired) electrons. The number of imidazole rings is 1. The first-order valence-corrected chi connectivity index (χ1v) is 9.56. The lowest BCUT2D eigenvalue weighted by Gasteiger charge is -2.10. The third kappa shape index (κ3) is 4.84. The number of hydrogen-bond donors (Lipinski definition) is 1. The summed E-state index contributed by atoms with van der Waals surface area (Å²) in [5.41, 5.74) is 0.707. The Balaban J connectivity index is 1.48. The van der Waals surface area contributed by atoms with Gasteiger partial charge in [-0.05, 0) is 43.3 Å². The number of alkyl halides is 3. The van der Waals surface area contributed by atoms with E-state index in [0.717, 1.165) is 23.2 Å². The van der Waals surface area contributed by atoms with Gasteiger partial charge in [0.25, 0.3) is 0 Å². The lowest BCUT2D eigenvalue weighted by molar-refractivity contribution is -0.137. The fourth-order valence-corrected chi connectivity index (χ4v) is 3.20. The molecule has 1 N–H and O–H groups in total. The number of para-hydroxylation sites is 2. The summed E-state index contributed by atoms with van der Waals surface area (Å²) in [6.45, 7) is 3.00. The van der Waals surface area contributed by atoms with Gasteiger partial charge in [-0.1, -0.05) is 12.1 Å². The summed E-state index contributed by atoms with van der Waals surface area (Å²) in [6, 6.07) is 11.8. The molecule has 9 heteroatoms. The maximum Gasteiger partial charge on any atom is 0.416 e. The van der Waals surface area contributed by atoms with E-state index in [1.807, 2.05) is 31.2 Å². The number of aromatic nitrogens is 2. The molecule has 3 rings (SSSR count). The van der Waals surface area contributed by atoms with Crippen LogP contribution in [0.1, 0.15) is 18.9 Å². The van der Waals surface area contributed by atoms with Gasteiger partial charge in [0.15, 0.2) is 0 Å². The Morgan fingerprint density at radius 1 is 1.03 bits per heavy atom. The lowest BCUT2D eigenvalue weighted by atomic mass is 10.2. The smallest absolute Gasteiger partial charge is 0.416 e. The van der Waals surface area contributed by atoms with E-state index in [-0.39, 0.29) is 43.5 Å². The number of nitrogens with one attached hydrogen (secondary N) is 1. The predicted octanol–water partition coefficient (Wildman–Crippen LogP) is 3.43. The maximum atomic E-state index is 12.5. The standard InChI is InChI=1S/C21H22F3N3O3/c1-2-26-17-5-3-4-6-18(17)27(20(26)29)13-11-19(28)25-12-14-30-16-9-7-15(8-10-16)21(22,23)24/h3-10H,2,11-14H2,1H3,(H,25,28). The number of carbonyl (C=O) groups excluding carboxylic acids is 1. The SMILES string of the molecule is CCn1c(=O)n(CCC(=O)NCCOc2ccc(C(F)(F)F)cc2)c2ccccc21. The summed E-state index contributed by atoms with van der Waals surface area (Å²) in [5, 5.41) is 2.68. The summed E-state index contributed by atoms with van der Waals surface area (Å²) in [6.07, 6.45) is -4.27. The van der Waals surface area contributed by atoms with Crippen molar-refractivity contribution in [2.24, 2.45) is 0 Å². The minimum absolute atomic E-state index is 0.117. The third-order valence-corrected chi connectivity index (χ3v) is 4.68. The van der Waals surface area contributed by atoms with Crippen molar-refractivity contribution >= 4 is 16.9 Å². The predicted molar refractivity (Wildman–Crippen MR) is 106 cm³/mol. The third-order valence-electron chi connectivity index (χ3n) is 4.68. The number of amides is 1. The van der Waals surface area contributed by atoms with Crippen molar-refractivity contribution in [1.82, 2.24) is 14.5 Å². The molecule has 0 aliphatic rings. The molecule has 0 saturated carbocycles. The second kappa shape index (κ2) is 9.06. The van der Waals surface area contributed by atoms with Crippen LogP contribution in [0.2, 0.25) is 0 Å². The van der Waals surface area contributed by atoms with E-state index >= 15 is 0 Å². The highest BCUT2D eigenvalue weighted by Crippen LogP contribution is 2.30. The Morgan fingerprint density at radius 3 is 2.27 bits per heavy atom. The highest BCUT2D eigenvalue weighted by atomic mass is 19.4. The van der Waals surface area contributed by atoms with Crippen LogP contribution in [-0.2, 0) is 24.1 Å². The van der Waals surface area contributed by atoms with Crippen molar-refractivity contribution in [3.63, 3.8) is 0 Å². The van der Waals surface area contributed by atoms with Gasteiger partial charge in [0, 0.05) is 19.5 Å². The fourth-order valence-electron chi connectivity index (χ4n) is 3.20. The van der Waals surface area contributed by atoms with Crippen molar-refractivity contribution < 1.29 is 22.7 Å². The van der Waals surface area contributed by atoms with Crippen LogP contribution in [0, 0.1) is 0 Å². The molecule has 0 atom stereocenters. The molecule has 1 heterocycles. The molecule has 0 aliphatic carbocycles. The van der Waals surface area contributed by atoms with Crippen molar-refractivity contribution in [2.45, 2.75) is 32.6 Å². The number of rotatable bonds is 8. The van der Waals surface area contributed by atoms with E-state index in [1.165, 1.54) is 12.1 Å². The monoisotopic (exact) mass is 421 g/mol. The van der Waals surface area contributed by atoms with Crippen molar-refractivity contribution in [2.75, 3.05) is 13.2 Å². The Labute approximate surface area is 170 Å². The quantitative estimate of drug-likeness (QED) is 0.567. The van der Waals surface area contributed by atoms with Crippen LogP contribution < -0.4 is 15.7 Å². The van der Waals surface area contributed by atoms with Crippen LogP contribution in [0.4, 0.5) is 13.2 Å². The van der Waals surface area contributed by atoms with Gasteiger partial charge in [0.1, 0.15) is 12.4 Å². The maximum absolute atomic E-state index is 12.5. The number of aryl methyl sites for hydroxylation is 2. The molecule has 30 heavy (non-hydrogen) atoms. The molecule has 0 fully saturated rings. The topological polar surface area (TPSA) is 65.3 Å². The highest BCUT2D eigenvalue weighted by molar-refractivity contribution is 5.78. The van der Waals surface area contributed by atoms with E-state index in [9.17, 15) is 22.8 Å². The van der Waals surface area contributed by atoms with Gasteiger partial charge in [-0.15, -0.1) is 0 Å². The van der Waals surface area contributed by atoms with Gasteiger partial charge >= 0.3 is 11.9 Å². The summed E-state index contributed by atoms with van der Waals surface area (Å²) in [4.78, 5) is 24.6. The number of ether oxygens (including phenoxy) is 1. The largest absolute Gasteiger partial charge is 0.492 e. The summed E-state index contributed by atoms with van der Waals surface area (Å²) in [5.74, 6) is 0.0439. The molecule has 0 unspecified atom stereocenters. The minimum atomic E-state index is -4.39. The fraction of sp³-hybridized carbons (Fsp3) is 0.333. The molecule has 6 nitrogen and oxygen atoms in total. The molecule has 0 aliphatic heterocycles. The highest BCUT2D eigenvalue weighted by Gasteiger charge is 2.30. The zero-order chi connectivity index (χ0) is 21.7. The summed E-state index contributed by atoms with van der Waals surface area (Å²) >= 11 is 0.